The number of esters is 1. The molecule has 126 valence electrons. The number of methoxy groups -OCH3 is 1. The Morgan fingerprint density at radius 1 is 1.40 bits per heavy atom. The molecule has 2 N–H and O–H groups in total. The summed E-state index contributed by atoms with van der Waals surface area (Å²) in [5, 5.41) is 13.5. The Hall–Kier alpha value is -3.60. The van der Waals surface area contributed by atoms with Crippen LogP contribution in [0, 0.1) is 18.3 Å². The summed E-state index contributed by atoms with van der Waals surface area (Å²) in [6.45, 7) is 1.71. The standard InChI is InChI=1S/C17H15N5O3/c1-9-11(5-15(25-9)17(23)24-3)14-4-12(10-7-20-22(2)8-10)13(6-18)16(19)21-14/h4-5,7-8H,1-3H3,(H2,19,21). The van der Waals surface area contributed by atoms with Gasteiger partial charge in [0.1, 0.15) is 23.2 Å². The molecular formula is C17H15N5O3. The van der Waals surface area contributed by atoms with Gasteiger partial charge in [-0.05, 0) is 13.0 Å². The van der Waals surface area contributed by atoms with Gasteiger partial charge in [0.2, 0.25) is 5.76 Å². The second kappa shape index (κ2) is 6.13. The predicted octanol–water partition coefficient (Wildman–Crippen LogP) is 2.29. The smallest absolute Gasteiger partial charge is 0.373 e. The molecular weight excluding hydrogens is 322 g/mol. The van der Waals surface area contributed by atoms with E-state index in [1.807, 2.05) is 0 Å². The lowest BCUT2D eigenvalue weighted by Gasteiger charge is -2.07. The van der Waals surface area contributed by atoms with Gasteiger partial charge < -0.3 is 14.9 Å². The number of ether oxygens (including phenoxy) is 1. The molecule has 3 aromatic rings. The van der Waals surface area contributed by atoms with Crippen LogP contribution in [-0.2, 0) is 11.8 Å². The monoisotopic (exact) mass is 337 g/mol. The Morgan fingerprint density at radius 2 is 2.16 bits per heavy atom. The van der Waals surface area contributed by atoms with E-state index in [0.717, 1.165) is 5.56 Å². The number of hydrogen-bond donors (Lipinski definition) is 1. The van der Waals surface area contributed by atoms with Crippen LogP contribution in [0.15, 0.2) is 28.9 Å². The van der Waals surface area contributed by atoms with Crippen LogP contribution in [0.5, 0.6) is 0 Å². The Bertz CT molecular complexity index is 1010. The molecule has 8 nitrogen and oxygen atoms in total. The molecule has 0 aliphatic carbocycles. The van der Waals surface area contributed by atoms with Crippen molar-refractivity contribution in [2.24, 2.45) is 7.05 Å². The first-order valence-corrected chi connectivity index (χ1v) is 7.33. The van der Waals surface area contributed by atoms with Gasteiger partial charge in [0.25, 0.3) is 0 Å². The van der Waals surface area contributed by atoms with Gasteiger partial charge in [-0.2, -0.15) is 10.4 Å². The van der Waals surface area contributed by atoms with Crippen molar-refractivity contribution >= 4 is 11.8 Å². The molecule has 0 amide bonds. The highest BCUT2D eigenvalue weighted by atomic mass is 16.5. The fraction of sp³-hybridized carbons (Fsp3) is 0.176. The topological polar surface area (TPSA) is 120 Å². The van der Waals surface area contributed by atoms with E-state index in [1.54, 1.807) is 43.2 Å². The number of nitrogen functional groups attached to an aromatic ring is 1. The summed E-state index contributed by atoms with van der Waals surface area (Å²) in [5.41, 5.74) is 8.68. The largest absolute Gasteiger partial charge is 0.463 e. The Kier molecular flexibility index (Phi) is 3.99. The zero-order chi connectivity index (χ0) is 18.1. The number of nitrogens with two attached hydrogens (primary N) is 1. The van der Waals surface area contributed by atoms with E-state index in [2.05, 4.69) is 20.9 Å². The van der Waals surface area contributed by atoms with E-state index >= 15 is 0 Å². The third-order valence-electron chi connectivity index (χ3n) is 3.76. The minimum Gasteiger partial charge on any atom is -0.463 e. The average molecular weight is 337 g/mol. The van der Waals surface area contributed by atoms with Crippen LogP contribution in [0.25, 0.3) is 22.4 Å². The number of furan rings is 1. The summed E-state index contributed by atoms with van der Waals surface area (Å²) in [6.07, 6.45) is 3.42. The van der Waals surface area contributed by atoms with Gasteiger partial charge in [0.05, 0.1) is 19.0 Å². The molecule has 0 spiro atoms. The molecule has 0 fully saturated rings. The van der Waals surface area contributed by atoms with Gasteiger partial charge >= 0.3 is 5.97 Å². The summed E-state index contributed by atoms with van der Waals surface area (Å²) in [7, 11) is 3.06. The highest BCUT2D eigenvalue weighted by Crippen LogP contribution is 2.33. The minimum absolute atomic E-state index is 0.0719. The molecule has 3 heterocycles. The number of aromatic nitrogens is 3. The fourth-order valence-corrected chi connectivity index (χ4v) is 2.55. The van der Waals surface area contributed by atoms with Crippen molar-refractivity contribution in [3.05, 3.63) is 41.6 Å². The maximum Gasteiger partial charge on any atom is 0.373 e. The van der Waals surface area contributed by atoms with Crippen LogP contribution in [0.4, 0.5) is 5.82 Å². The third-order valence-corrected chi connectivity index (χ3v) is 3.76. The maximum atomic E-state index is 11.7. The van der Waals surface area contributed by atoms with Crippen LogP contribution in [-0.4, -0.2) is 27.8 Å². The zero-order valence-electron chi connectivity index (χ0n) is 13.9. The molecule has 3 rings (SSSR count). The number of rotatable bonds is 3. The first-order chi connectivity index (χ1) is 11.9. The molecule has 25 heavy (non-hydrogen) atoms. The normalized spacial score (nSPS) is 10.5. The van der Waals surface area contributed by atoms with Gasteiger partial charge in [-0.25, -0.2) is 9.78 Å². The predicted molar refractivity (Wildman–Crippen MR) is 89.3 cm³/mol. The summed E-state index contributed by atoms with van der Waals surface area (Å²) in [6, 6.07) is 5.35. The van der Waals surface area contributed by atoms with Gasteiger partial charge in [0, 0.05) is 36.0 Å². The lowest BCUT2D eigenvalue weighted by molar-refractivity contribution is 0.0563. The van der Waals surface area contributed by atoms with Crippen LogP contribution in [0.2, 0.25) is 0 Å². The molecule has 8 heteroatoms. The lowest BCUT2D eigenvalue weighted by atomic mass is 10.0. The van der Waals surface area contributed by atoms with E-state index in [9.17, 15) is 10.1 Å². The number of nitriles is 1. The van der Waals surface area contributed by atoms with E-state index < -0.39 is 5.97 Å². The number of nitrogens with zero attached hydrogens (tertiary/aromatic N) is 4. The fourth-order valence-electron chi connectivity index (χ4n) is 2.55. The second-order valence-electron chi connectivity index (χ2n) is 5.40. The molecule has 0 saturated heterocycles. The van der Waals surface area contributed by atoms with E-state index in [-0.39, 0.29) is 17.1 Å². The number of pyridine rings is 1. The quantitative estimate of drug-likeness (QED) is 0.728. The molecule has 0 unspecified atom stereocenters. The van der Waals surface area contributed by atoms with Crippen molar-refractivity contribution < 1.29 is 13.9 Å². The van der Waals surface area contributed by atoms with Gasteiger partial charge in [-0.15, -0.1) is 0 Å². The molecule has 0 bridgehead atoms. The number of hydrogen-bond acceptors (Lipinski definition) is 7. The van der Waals surface area contributed by atoms with Crippen LogP contribution in [0.1, 0.15) is 21.9 Å². The van der Waals surface area contributed by atoms with E-state index in [0.29, 0.717) is 22.6 Å². The number of carbonyl (C=O) groups excluding carboxylic acids is 1. The Balaban J connectivity index is 2.19. The van der Waals surface area contributed by atoms with Gasteiger partial charge in [-0.3, -0.25) is 4.68 Å². The van der Waals surface area contributed by atoms with Crippen molar-refractivity contribution in [3.8, 4) is 28.5 Å². The van der Waals surface area contributed by atoms with Crippen LogP contribution in [0.3, 0.4) is 0 Å². The first kappa shape index (κ1) is 16.3. The van der Waals surface area contributed by atoms with Crippen molar-refractivity contribution in [2.75, 3.05) is 12.8 Å². The zero-order valence-corrected chi connectivity index (χ0v) is 13.9. The summed E-state index contributed by atoms with van der Waals surface area (Å²) >= 11 is 0. The minimum atomic E-state index is -0.580. The van der Waals surface area contributed by atoms with Crippen molar-refractivity contribution in [1.29, 1.82) is 5.26 Å². The van der Waals surface area contributed by atoms with Crippen molar-refractivity contribution in [3.63, 3.8) is 0 Å². The molecule has 0 radical (unpaired) electrons. The van der Waals surface area contributed by atoms with Gasteiger partial charge in [0.15, 0.2) is 0 Å². The average Bonchev–Trinajstić information content (AvgIpc) is 3.19. The van der Waals surface area contributed by atoms with E-state index in [4.69, 9.17) is 10.2 Å². The maximum absolute atomic E-state index is 11.7. The molecule has 0 aromatic carbocycles. The highest BCUT2D eigenvalue weighted by Gasteiger charge is 2.20. The second-order valence-corrected chi connectivity index (χ2v) is 5.40. The molecule has 0 aliphatic rings. The summed E-state index contributed by atoms with van der Waals surface area (Å²) in [4.78, 5) is 15.9. The highest BCUT2D eigenvalue weighted by molar-refractivity contribution is 5.89. The Labute approximate surface area is 143 Å². The van der Waals surface area contributed by atoms with Crippen molar-refractivity contribution in [2.45, 2.75) is 6.92 Å². The SMILES string of the molecule is COC(=O)c1cc(-c2cc(-c3cnn(C)c3)c(C#N)c(N)n2)c(C)o1. The van der Waals surface area contributed by atoms with E-state index in [1.165, 1.54) is 7.11 Å². The van der Waals surface area contributed by atoms with Crippen LogP contribution >= 0.6 is 0 Å². The molecule has 3 aromatic heterocycles. The molecule has 0 atom stereocenters. The number of aryl methyl sites for hydroxylation is 2. The molecule has 0 aliphatic heterocycles. The summed E-state index contributed by atoms with van der Waals surface area (Å²) in [5.74, 6) is 0.0827. The lowest BCUT2D eigenvalue weighted by Crippen LogP contribution is -2.00. The number of anilines is 1. The molecule has 0 saturated carbocycles. The van der Waals surface area contributed by atoms with Crippen molar-refractivity contribution in [1.82, 2.24) is 14.8 Å². The third kappa shape index (κ3) is 2.83. The first-order valence-electron chi connectivity index (χ1n) is 7.33. The summed E-state index contributed by atoms with van der Waals surface area (Å²) < 4.78 is 11.7. The Morgan fingerprint density at radius 3 is 2.76 bits per heavy atom. The van der Waals surface area contributed by atoms with Crippen LogP contribution < -0.4 is 5.73 Å². The number of carbonyl (C=O) groups is 1. The van der Waals surface area contributed by atoms with Gasteiger partial charge in [-0.1, -0.05) is 0 Å².